The third-order valence-corrected chi connectivity index (χ3v) is 5.64. The quantitative estimate of drug-likeness (QED) is 0.189. The van der Waals surface area contributed by atoms with Crippen LogP contribution < -0.4 is 5.63 Å². The predicted octanol–water partition coefficient (Wildman–Crippen LogP) is 5.18. The van der Waals surface area contributed by atoms with Gasteiger partial charge in [-0.1, -0.05) is 48.5 Å². The van der Waals surface area contributed by atoms with Gasteiger partial charge in [0.25, 0.3) is 0 Å². The van der Waals surface area contributed by atoms with Gasteiger partial charge in [0.15, 0.2) is 0 Å². The highest BCUT2D eigenvalue weighted by molar-refractivity contribution is 7.98. The highest BCUT2D eigenvalue weighted by atomic mass is 32.2. The second-order valence-corrected chi connectivity index (χ2v) is 7.20. The molecule has 27 heavy (non-hydrogen) atoms. The second-order valence-electron chi connectivity index (χ2n) is 6.24. The Morgan fingerprint density at radius 2 is 1.70 bits per heavy atom. The van der Waals surface area contributed by atoms with Crippen LogP contribution in [0, 0.1) is 0 Å². The maximum atomic E-state index is 12.1. The lowest BCUT2D eigenvalue weighted by atomic mass is 10.0. The van der Waals surface area contributed by atoms with Gasteiger partial charge in [-0.15, -0.1) is 11.8 Å². The van der Waals surface area contributed by atoms with Gasteiger partial charge in [-0.2, -0.15) is 0 Å². The van der Waals surface area contributed by atoms with E-state index in [9.17, 15) is 4.79 Å². The molecule has 0 bridgehead atoms. The van der Waals surface area contributed by atoms with Gasteiger partial charge in [0.05, 0.1) is 5.52 Å². The molecule has 5 heteroatoms. The minimum atomic E-state index is -0.332. The Morgan fingerprint density at radius 3 is 2.63 bits per heavy atom. The molecular formula is C22H14N2O2S. The monoisotopic (exact) mass is 370 g/mol. The number of hydrogen-bond acceptors (Lipinski definition) is 5. The molecule has 2 aromatic heterocycles. The number of fused-ring (bicyclic) bond motifs is 4. The lowest BCUT2D eigenvalue weighted by Crippen LogP contribution is -2.00. The van der Waals surface area contributed by atoms with Gasteiger partial charge in [0, 0.05) is 22.6 Å². The normalized spacial score (nSPS) is 11.4. The molecule has 0 fully saturated rings. The zero-order valence-electron chi connectivity index (χ0n) is 14.3. The highest BCUT2D eigenvalue weighted by Gasteiger charge is 2.11. The third-order valence-electron chi connectivity index (χ3n) is 4.59. The maximum Gasteiger partial charge on any atom is 0.336 e. The summed E-state index contributed by atoms with van der Waals surface area (Å²) < 4.78 is 5.44. The third kappa shape index (κ3) is 2.86. The van der Waals surface area contributed by atoms with E-state index >= 15 is 0 Å². The summed E-state index contributed by atoms with van der Waals surface area (Å²) in [7, 11) is 0. The Kier molecular flexibility index (Phi) is 3.87. The predicted molar refractivity (Wildman–Crippen MR) is 109 cm³/mol. The number of rotatable bonds is 3. The molecule has 0 saturated carbocycles. The van der Waals surface area contributed by atoms with Gasteiger partial charge < -0.3 is 4.42 Å². The summed E-state index contributed by atoms with van der Waals surface area (Å²) in [5.41, 5.74) is 2.15. The van der Waals surface area contributed by atoms with Crippen molar-refractivity contribution in [2.24, 2.45) is 0 Å². The van der Waals surface area contributed by atoms with Crippen LogP contribution in [0.1, 0.15) is 5.56 Å². The van der Waals surface area contributed by atoms with Gasteiger partial charge >= 0.3 is 5.63 Å². The molecular weight excluding hydrogens is 356 g/mol. The van der Waals surface area contributed by atoms with Gasteiger partial charge in [-0.3, -0.25) is 0 Å². The lowest BCUT2D eigenvalue weighted by Gasteiger charge is -2.09. The lowest BCUT2D eigenvalue weighted by molar-refractivity contribution is 0.560. The molecule has 0 radical (unpaired) electrons. The summed E-state index contributed by atoms with van der Waals surface area (Å²) in [6.07, 6.45) is 1.58. The van der Waals surface area contributed by atoms with Crippen molar-refractivity contribution in [1.82, 2.24) is 9.97 Å². The second kappa shape index (κ2) is 6.52. The maximum absolute atomic E-state index is 12.1. The fourth-order valence-corrected chi connectivity index (χ4v) is 4.34. The number of hydrogen-bond donors (Lipinski definition) is 0. The summed E-state index contributed by atoms with van der Waals surface area (Å²) in [5.74, 6) is 0.622. The number of benzene rings is 3. The Morgan fingerprint density at radius 1 is 0.889 bits per heavy atom. The molecule has 0 amide bonds. The molecule has 4 nitrogen and oxygen atoms in total. The van der Waals surface area contributed by atoms with Crippen LogP contribution in [0.5, 0.6) is 0 Å². The Bertz CT molecular complexity index is 1360. The first-order chi connectivity index (χ1) is 13.3. The van der Waals surface area contributed by atoms with Crippen molar-refractivity contribution >= 4 is 44.4 Å². The zero-order valence-corrected chi connectivity index (χ0v) is 15.1. The van der Waals surface area contributed by atoms with Crippen molar-refractivity contribution in [3.63, 3.8) is 0 Å². The topological polar surface area (TPSA) is 56.0 Å². The van der Waals surface area contributed by atoms with Crippen LogP contribution in [0.4, 0.5) is 0 Å². The molecule has 0 atom stereocenters. The largest absolute Gasteiger partial charge is 0.423 e. The molecule has 0 saturated heterocycles. The van der Waals surface area contributed by atoms with E-state index in [1.165, 1.54) is 0 Å². The molecule has 0 N–H and O–H groups in total. The fraction of sp³-hybridized carbons (Fsp3) is 0.0455. The van der Waals surface area contributed by atoms with E-state index in [0.717, 1.165) is 37.7 Å². The van der Waals surface area contributed by atoms with Gasteiger partial charge in [0.1, 0.15) is 16.9 Å². The summed E-state index contributed by atoms with van der Waals surface area (Å²) in [6, 6.07) is 21.5. The van der Waals surface area contributed by atoms with Crippen molar-refractivity contribution in [2.75, 3.05) is 0 Å². The Labute approximate surface area is 158 Å². The van der Waals surface area contributed by atoms with Crippen molar-refractivity contribution in [1.29, 1.82) is 0 Å². The number of thioether (sulfide) groups is 1. The molecule has 130 valence electrons. The Balaban J connectivity index is 1.64. The molecule has 0 unspecified atom stereocenters. The molecule has 5 aromatic rings. The first kappa shape index (κ1) is 16.0. The van der Waals surface area contributed by atoms with Gasteiger partial charge in [-0.25, -0.2) is 14.8 Å². The molecule has 2 heterocycles. The average Bonchev–Trinajstić information content (AvgIpc) is 2.71. The molecule has 0 aliphatic rings. The van der Waals surface area contributed by atoms with Gasteiger partial charge in [-0.05, 0) is 28.5 Å². The number of nitrogens with zero attached hydrogens (tertiary/aromatic N) is 2. The van der Waals surface area contributed by atoms with E-state index < -0.39 is 0 Å². The van der Waals surface area contributed by atoms with Crippen molar-refractivity contribution in [2.45, 2.75) is 10.8 Å². The summed E-state index contributed by atoms with van der Waals surface area (Å²) in [5, 5.41) is 5.11. The highest BCUT2D eigenvalue weighted by Crippen LogP contribution is 2.32. The number of aromatic nitrogens is 2. The van der Waals surface area contributed by atoms with Crippen molar-refractivity contribution in [3.8, 4) is 0 Å². The van der Waals surface area contributed by atoms with Crippen LogP contribution in [0.2, 0.25) is 0 Å². The van der Waals surface area contributed by atoms with E-state index in [1.54, 1.807) is 24.2 Å². The van der Waals surface area contributed by atoms with E-state index in [0.29, 0.717) is 11.3 Å². The first-order valence-electron chi connectivity index (χ1n) is 8.57. The summed E-state index contributed by atoms with van der Waals surface area (Å²) >= 11 is 1.60. The SMILES string of the molecule is O=c1cc(CSc2ncnc3ccccc23)c2c(ccc3ccccc32)o1. The minimum absolute atomic E-state index is 0.332. The van der Waals surface area contributed by atoms with Crippen LogP contribution in [0.15, 0.2) is 87.3 Å². The molecule has 0 aliphatic carbocycles. The van der Waals surface area contributed by atoms with Crippen molar-refractivity contribution in [3.05, 3.63) is 89.0 Å². The van der Waals surface area contributed by atoms with Crippen LogP contribution >= 0.6 is 11.8 Å². The summed E-state index contributed by atoms with van der Waals surface area (Å²) in [6.45, 7) is 0. The van der Waals surface area contributed by atoms with E-state index in [1.807, 2.05) is 48.5 Å². The number of para-hydroxylation sites is 1. The van der Waals surface area contributed by atoms with E-state index in [4.69, 9.17) is 4.42 Å². The minimum Gasteiger partial charge on any atom is -0.423 e. The fourth-order valence-electron chi connectivity index (χ4n) is 3.38. The standard InChI is InChI=1S/C22H14N2O2S/c25-20-11-15(12-27-22-17-7-3-4-8-18(17)23-13-24-22)21-16-6-2-1-5-14(16)9-10-19(21)26-20/h1-11,13H,12H2. The smallest absolute Gasteiger partial charge is 0.336 e. The van der Waals surface area contributed by atoms with Crippen LogP contribution in [0.3, 0.4) is 0 Å². The van der Waals surface area contributed by atoms with Crippen LogP contribution in [-0.4, -0.2) is 9.97 Å². The molecule has 5 rings (SSSR count). The van der Waals surface area contributed by atoms with E-state index in [-0.39, 0.29) is 5.63 Å². The zero-order chi connectivity index (χ0) is 18.2. The molecule has 0 spiro atoms. The van der Waals surface area contributed by atoms with E-state index in [2.05, 4.69) is 22.1 Å². The average molecular weight is 370 g/mol. The molecule has 3 aromatic carbocycles. The molecule has 0 aliphatic heterocycles. The van der Waals surface area contributed by atoms with Crippen LogP contribution in [0.25, 0.3) is 32.6 Å². The van der Waals surface area contributed by atoms with Crippen LogP contribution in [-0.2, 0) is 5.75 Å². The first-order valence-corrected chi connectivity index (χ1v) is 9.55. The van der Waals surface area contributed by atoms with Gasteiger partial charge in [0.2, 0.25) is 0 Å². The van der Waals surface area contributed by atoms with Crippen molar-refractivity contribution < 1.29 is 4.42 Å². The Hall–Kier alpha value is -3.18. The summed E-state index contributed by atoms with van der Waals surface area (Å²) in [4.78, 5) is 20.8.